The first-order chi connectivity index (χ1) is 16.0. The predicted molar refractivity (Wildman–Crippen MR) is 128 cm³/mol. The Morgan fingerprint density at radius 1 is 0.941 bits per heavy atom. The molecule has 1 unspecified atom stereocenters. The Labute approximate surface area is 204 Å². The first kappa shape index (κ1) is 25.5. The minimum atomic E-state index is -0.734. The summed E-state index contributed by atoms with van der Waals surface area (Å²) in [6, 6.07) is 0. The van der Waals surface area contributed by atoms with Gasteiger partial charge in [-0.3, -0.25) is 14.4 Å². The third kappa shape index (κ3) is 4.39. The number of hydrogen-bond donors (Lipinski definition) is 1. The lowest BCUT2D eigenvalue weighted by Gasteiger charge is -2.62. The Hall–Kier alpha value is -1.59. The van der Waals surface area contributed by atoms with Crippen molar-refractivity contribution in [3.63, 3.8) is 0 Å². The van der Waals surface area contributed by atoms with Crippen LogP contribution in [-0.2, 0) is 23.9 Å². The summed E-state index contributed by atoms with van der Waals surface area (Å²) >= 11 is 0. The van der Waals surface area contributed by atoms with Crippen LogP contribution in [0.25, 0.3) is 0 Å². The van der Waals surface area contributed by atoms with Crippen molar-refractivity contribution in [2.75, 3.05) is 0 Å². The average Bonchev–Trinajstić information content (AvgIpc) is 3.10. The molecule has 0 bridgehead atoms. The van der Waals surface area contributed by atoms with Gasteiger partial charge in [-0.05, 0) is 98.7 Å². The van der Waals surface area contributed by atoms with Crippen LogP contribution in [0.3, 0.4) is 0 Å². The highest BCUT2D eigenvalue weighted by atomic mass is 16.5. The third-order valence-electron chi connectivity index (χ3n) is 10.9. The van der Waals surface area contributed by atoms with Crippen LogP contribution in [0, 0.1) is 46.3 Å². The molecular formula is C28H44O6. The normalized spacial score (nSPS) is 44.2. The fraction of sp³-hybridized carbons (Fsp3) is 0.893. The standard InChI is InChI=1S/C28H44O6/c1-16(6-11-26(31)32)22-9-10-23-21-8-7-19-14-20(33-17(2)29)12-13-27(19,4)24(21)15-25(28(22,23)5)34-18(3)30/h16,19-25H,6-15H2,1-5H3,(H,31,32)/t16-,19?,20-,21+,22-,23+,24+,25+,27+,28-/m1/s1. The van der Waals surface area contributed by atoms with Gasteiger partial charge in [0.25, 0.3) is 0 Å². The molecule has 0 aromatic rings. The van der Waals surface area contributed by atoms with Crippen molar-refractivity contribution < 1.29 is 29.0 Å². The van der Waals surface area contributed by atoms with E-state index in [1.165, 1.54) is 26.7 Å². The van der Waals surface area contributed by atoms with Crippen molar-refractivity contribution in [3.05, 3.63) is 0 Å². The van der Waals surface area contributed by atoms with Gasteiger partial charge >= 0.3 is 17.9 Å². The highest BCUT2D eigenvalue weighted by Gasteiger charge is 2.65. The van der Waals surface area contributed by atoms with Crippen molar-refractivity contribution in [2.45, 2.75) is 111 Å². The third-order valence-corrected chi connectivity index (χ3v) is 10.9. The summed E-state index contributed by atoms with van der Waals surface area (Å²) in [7, 11) is 0. The molecule has 0 spiro atoms. The molecule has 0 amide bonds. The second-order valence-electron chi connectivity index (χ2n) is 12.5. The number of carbonyl (C=O) groups is 3. The lowest BCUT2D eigenvalue weighted by Crippen LogP contribution is -2.59. The van der Waals surface area contributed by atoms with Gasteiger partial charge in [-0.15, -0.1) is 0 Å². The SMILES string of the molecule is CC(=O)O[C@@H]1CC[C@@]2(C)C(CC[C@H]3[C@@H]4CC[C@H]([C@H](C)CCC(=O)O)[C@@]4(C)[C@@H](OC(C)=O)C[C@@H]32)C1. The van der Waals surface area contributed by atoms with Gasteiger partial charge in [0.15, 0.2) is 0 Å². The zero-order chi connectivity index (χ0) is 24.8. The maximum atomic E-state index is 12.3. The number of aliphatic carboxylic acids is 1. The van der Waals surface area contributed by atoms with Crippen molar-refractivity contribution in [1.82, 2.24) is 0 Å². The van der Waals surface area contributed by atoms with Crippen LogP contribution in [0.1, 0.15) is 98.8 Å². The molecule has 4 fully saturated rings. The van der Waals surface area contributed by atoms with E-state index in [9.17, 15) is 19.5 Å². The maximum Gasteiger partial charge on any atom is 0.303 e. The van der Waals surface area contributed by atoms with Gasteiger partial charge < -0.3 is 14.6 Å². The number of rotatable bonds is 6. The number of esters is 2. The van der Waals surface area contributed by atoms with E-state index in [1.807, 2.05) is 0 Å². The molecule has 6 heteroatoms. The summed E-state index contributed by atoms with van der Waals surface area (Å²) in [6.07, 6.45) is 9.27. The van der Waals surface area contributed by atoms with Gasteiger partial charge in [0.2, 0.25) is 0 Å². The molecule has 0 heterocycles. The highest BCUT2D eigenvalue weighted by Crippen LogP contribution is 2.69. The van der Waals surface area contributed by atoms with E-state index in [4.69, 9.17) is 9.47 Å². The Balaban J connectivity index is 1.60. The van der Waals surface area contributed by atoms with E-state index in [0.717, 1.165) is 38.5 Å². The summed E-state index contributed by atoms with van der Waals surface area (Å²) in [5.41, 5.74) is 0.0925. The number of carboxylic acid groups (broad SMARTS) is 1. The predicted octanol–water partition coefficient (Wildman–Crippen LogP) is 5.62. The Kier molecular flexibility index (Phi) is 7.10. The van der Waals surface area contributed by atoms with Crippen LogP contribution in [-0.4, -0.2) is 35.2 Å². The molecule has 6 nitrogen and oxygen atoms in total. The average molecular weight is 477 g/mol. The van der Waals surface area contributed by atoms with Crippen molar-refractivity contribution in [1.29, 1.82) is 0 Å². The van der Waals surface area contributed by atoms with Crippen LogP contribution >= 0.6 is 0 Å². The minimum absolute atomic E-state index is 0.0381. The molecule has 10 atom stereocenters. The van der Waals surface area contributed by atoms with Crippen LogP contribution in [0.4, 0.5) is 0 Å². The van der Waals surface area contributed by atoms with E-state index in [1.54, 1.807) is 0 Å². The van der Waals surface area contributed by atoms with E-state index in [0.29, 0.717) is 41.9 Å². The molecule has 0 aromatic heterocycles. The summed E-state index contributed by atoms with van der Waals surface area (Å²) in [5.74, 6) is 1.75. The zero-order valence-corrected chi connectivity index (χ0v) is 21.7. The van der Waals surface area contributed by atoms with Crippen LogP contribution < -0.4 is 0 Å². The fourth-order valence-electron chi connectivity index (χ4n) is 9.39. The van der Waals surface area contributed by atoms with Crippen LogP contribution in [0.15, 0.2) is 0 Å². The molecule has 1 N–H and O–H groups in total. The quantitative estimate of drug-likeness (QED) is 0.501. The van der Waals surface area contributed by atoms with E-state index >= 15 is 0 Å². The van der Waals surface area contributed by atoms with Crippen molar-refractivity contribution in [3.8, 4) is 0 Å². The van der Waals surface area contributed by atoms with E-state index in [2.05, 4.69) is 20.8 Å². The van der Waals surface area contributed by atoms with Gasteiger partial charge in [0.1, 0.15) is 12.2 Å². The number of carbonyl (C=O) groups excluding carboxylic acids is 2. The van der Waals surface area contributed by atoms with Gasteiger partial charge in [0, 0.05) is 25.7 Å². The molecule has 192 valence electrons. The molecule has 4 aliphatic rings. The van der Waals surface area contributed by atoms with E-state index < -0.39 is 5.97 Å². The summed E-state index contributed by atoms with van der Waals surface area (Å²) in [6.45, 7) is 10.0. The molecule has 0 aliphatic heterocycles. The Morgan fingerprint density at radius 2 is 1.65 bits per heavy atom. The molecule has 0 aromatic carbocycles. The molecule has 4 aliphatic carbocycles. The first-order valence-corrected chi connectivity index (χ1v) is 13.5. The number of fused-ring (bicyclic) bond motifs is 5. The molecule has 34 heavy (non-hydrogen) atoms. The smallest absolute Gasteiger partial charge is 0.303 e. The second-order valence-corrected chi connectivity index (χ2v) is 12.5. The zero-order valence-electron chi connectivity index (χ0n) is 21.7. The first-order valence-electron chi connectivity index (χ1n) is 13.5. The molecule has 0 saturated heterocycles. The molecule has 0 radical (unpaired) electrons. The van der Waals surface area contributed by atoms with E-state index in [-0.39, 0.29) is 41.4 Å². The Bertz CT molecular complexity index is 809. The summed E-state index contributed by atoms with van der Waals surface area (Å²) < 4.78 is 11.7. The fourth-order valence-corrected chi connectivity index (χ4v) is 9.39. The lowest BCUT2D eigenvalue weighted by molar-refractivity contribution is -0.197. The van der Waals surface area contributed by atoms with Gasteiger partial charge in [0.05, 0.1) is 0 Å². The van der Waals surface area contributed by atoms with Crippen molar-refractivity contribution in [2.24, 2.45) is 46.3 Å². The summed E-state index contributed by atoms with van der Waals surface area (Å²) in [4.78, 5) is 35.0. The second kappa shape index (κ2) is 9.46. The number of hydrogen-bond acceptors (Lipinski definition) is 5. The summed E-state index contributed by atoms with van der Waals surface area (Å²) in [5, 5.41) is 9.24. The highest BCUT2D eigenvalue weighted by molar-refractivity contribution is 5.67. The monoisotopic (exact) mass is 476 g/mol. The Morgan fingerprint density at radius 3 is 2.29 bits per heavy atom. The van der Waals surface area contributed by atoms with Crippen LogP contribution in [0.2, 0.25) is 0 Å². The minimum Gasteiger partial charge on any atom is -0.481 e. The molecular weight excluding hydrogens is 432 g/mol. The van der Waals surface area contributed by atoms with Crippen molar-refractivity contribution >= 4 is 17.9 Å². The van der Waals surface area contributed by atoms with Gasteiger partial charge in [-0.1, -0.05) is 20.8 Å². The topological polar surface area (TPSA) is 89.9 Å². The van der Waals surface area contributed by atoms with Gasteiger partial charge in [-0.25, -0.2) is 0 Å². The molecule has 4 saturated carbocycles. The number of carboxylic acids is 1. The lowest BCUT2D eigenvalue weighted by atomic mass is 9.43. The maximum absolute atomic E-state index is 12.3. The number of ether oxygens (including phenoxy) is 2. The largest absolute Gasteiger partial charge is 0.481 e. The molecule has 4 rings (SSSR count). The van der Waals surface area contributed by atoms with Gasteiger partial charge in [-0.2, -0.15) is 0 Å². The van der Waals surface area contributed by atoms with Crippen LogP contribution in [0.5, 0.6) is 0 Å².